The lowest BCUT2D eigenvalue weighted by Gasteiger charge is -2.17. The largest absolute Gasteiger partial charge is 0.382 e. The van der Waals surface area contributed by atoms with E-state index in [0.29, 0.717) is 12.5 Å². The second kappa shape index (κ2) is 8.96. The van der Waals surface area contributed by atoms with Crippen molar-refractivity contribution in [3.05, 3.63) is 0 Å². The van der Waals surface area contributed by atoms with Crippen molar-refractivity contribution in [1.29, 1.82) is 0 Å². The standard InChI is InChI=1S/C11H25NO3S/c1-4-12-11(7-6-9-15-5-2)8-10-16(3,13)14/h11-12H,4-10H2,1-3H3. The van der Waals surface area contributed by atoms with Crippen LogP contribution in [0.1, 0.15) is 33.1 Å². The van der Waals surface area contributed by atoms with Crippen molar-refractivity contribution in [2.45, 2.75) is 39.2 Å². The van der Waals surface area contributed by atoms with Crippen LogP contribution < -0.4 is 5.32 Å². The summed E-state index contributed by atoms with van der Waals surface area (Å²) in [5.41, 5.74) is 0. The van der Waals surface area contributed by atoms with Gasteiger partial charge in [-0.1, -0.05) is 6.92 Å². The highest BCUT2D eigenvalue weighted by Crippen LogP contribution is 2.04. The molecule has 0 radical (unpaired) electrons. The van der Waals surface area contributed by atoms with Crippen molar-refractivity contribution in [3.8, 4) is 0 Å². The van der Waals surface area contributed by atoms with Crippen LogP contribution >= 0.6 is 0 Å². The zero-order chi connectivity index (χ0) is 12.4. The Morgan fingerprint density at radius 2 is 1.94 bits per heavy atom. The van der Waals surface area contributed by atoms with Crippen LogP contribution in [0.3, 0.4) is 0 Å². The lowest BCUT2D eigenvalue weighted by atomic mass is 10.1. The van der Waals surface area contributed by atoms with Gasteiger partial charge in [-0.05, 0) is 32.7 Å². The van der Waals surface area contributed by atoms with Crippen LogP contribution in [-0.2, 0) is 14.6 Å². The average molecular weight is 251 g/mol. The van der Waals surface area contributed by atoms with Gasteiger partial charge in [-0.3, -0.25) is 0 Å². The molecule has 5 heteroatoms. The summed E-state index contributed by atoms with van der Waals surface area (Å²) in [6.07, 6.45) is 3.94. The smallest absolute Gasteiger partial charge is 0.147 e. The minimum atomic E-state index is -2.84. The molecule has 0 rings (SSSR count). The summed E-state index contributed by atoms with van der Waals surface area (Å²) < 4.78 is 27.4. The first kappa shape index (κ1) is 15.9. The Kier molecular flexibility index (Phi) is 8.89. The molecule has 0 heterocycles. The number of nitrogens with one attached hydrogen (secondary N) is 1. The molecule has 98 valence electrons. The number of hydrogen-bond acceptors (Lipinski definition) is 4. The Morgan fingerprint density at radius 3 is 2.44 bits per heavy atom. The van der Waals surface area contributed by atoms with E-state index >= 15 is 0 Å². The van der Waals surface area contributed by atoms with Crippen molar-refractivity contribution >= 4 is 9.84 Å². The van der Waals surface area contributed by atoms with Crippen molar-refractivity contribution in [1.82, 2.24) is 5.32 Å². The van der Waals surface area contributed by atoms with E-state index in [-0.39, 0.29) is 5.75 Å². The van der Waals surface area contributed by atoms with E-state index in [2.05, 4.69) is 5.32 Å². The summed E-state index contributed by atoms with van der Waals surface area (Å²) in [5, 5.41) is 3.31. The summed E-state index contributed by atoms with van der Waals surface area (Å²) in [4.78, 5) is 0. The maximum atomic E-state index is 11.1. The quantitative estimate of drug-likeness (QED) is 0.593. The number of sulfone groups is 1. The molecule has 0 aromatic rings. The number of ether oxygens (including phenoxy) is 1. The van der Waals surface area contributed by atoms with Gasteiger partial charge in [0.15, 0.2) is 0 Å². The Hall–Kier alpha value is -0.130. The van der Waals surface area contributed by atoms with Crippen LogP contribution in [0.15, 0.2) is 0 Å². The Labute approximate surface area is 99.7 Å². The summed E-state index contributed by atoms with van der Waals surface area (Å²) in [5.74, 6) is 0.263. The van der Waals surface area contributed by atoms with Gasteiger partial charge in [-0.25, -0.2) is 8.42 Å². The Morgan fingerprint density at radius 1 is 1.25 bits per heavy atom. The molecule has 0 spiro atoms. The minimum absolute atomic E-state index is 0.263. The molecule has 16 heavy (non-hydrogen) atoms. The van der Waals surface area contributed by atoms with Crippen LogP contribution in [-0.4, -0.2) is 46.2 Å². The molecule has 0 aliphatic heterocycles. The van der Waals surface area contributed by atoms with Gasteiger partial charge in [-0.2, -0.15) is 0 Å². The average Bonchev–Trinajstić information content (AvgIpc) is 2.19. The van der Waals surface area contributed by atoms with E-state index < -0.39 is 9.84 Å². The van der Waals surface area contributed by atoms with Gasteiger partial charge in [0, 0.05) is 25.5 Å². The highest BCUT2D eigenvalue weighted by molar-refractivity contribution is 7.90. The maximum Gasteiger partial charge on any atom is 0.147 e. The third-order valence-corrected chi connectivity index (χ3v) is 3.35. The monoisotopic (exact) mass is 251 g/mol. The maximum absolute atomic E-state index is 11.1. The molecule has 0 aliphatic rings. The predicted octanol–water partition coefficient (Wildman–Crippen LogP) is 1.22. The number of rotatable bonds is 10. The zero-order valence-electron chi connectivity index (χ0n) is 10.7. The molecule has 0 fully saturated rings. The van der Waals surface area contributed by atoms with Crippen molar-refractivity contribution in [2.24, 2.45) is 0 Å². The molecular weight excluding hydrogens is 226 g/mol. The summed E-state index contributed by atoms with van der Waals surface area (Å²) in [7, 11) is -2.84. The summed E-state index contributed by atoms with van der Waals surface area (Å²) in [6, 6.07) is 0.292. The normalized spacial score (nSPS) is 13.9. The highest BCUT2D eigenvalue weighted by atomic mass is 32.2. The third kappa shape index (κ3) is 10.4. The fraction of sp³-hybridized carbons (Fsp3) is 1.00. The summed E-state index contributed by atoms with van der Waals surface area (Å²) >= 11 is 0. The molecule has 0 aliphatic carbocycles. The van der Waals surface area contributed by atoms with Crippen molar-refractivity contribution in [3.63, 3.8) is 0 Å². The topological polar surface area (TPSA) is 55.4 Å². The molecule has 4 nitrogen and oxygen atoms in total. The third-order valence-electron chi connectivity index (χ3n) is 2.38. The molecule has 0 amide bonds. The van der Waals surface area contributed by atoms with Gasteiger partial charge >= 0.3 is 0 Å². The molecule has 1 unspecified atom stereocenters. The predicted molar refractivity (Wildman–Crippen MR) is 67.5 cm³/mol. The fourth-order valence-corrected chi connectivity index (χ4v) is 2.28. The number of hydrogen-bond donors (Lipinski definition) is 1. The molecule has 0 saturated heterocycles. The van der Waals surface area contributed by atoms with E-state index in [9.17, 15) is 8.42 Å². The van der Waals surface area contributed by atoms with E-state index in [0.717, 1.165) is 32.6 Å². The Balaban J connectivity index is 3.79. The van der Waals surface area contributed by atoms with Crippen LogP contribution in [0.5, 0.6) is 0 Å². The second-order valence-corrected chi connectivity index (χ2v) is 6.27. The summed E-state index contributed by atoms with van der Waals surface area (Å²) in [6.45, 7) is 6.40. The van der Waals surface area contributed by atoms with Crippen LogP contribution in [0.2, 0.25) is 0 Å². The molecule has 1 N–H and O–H groups in total. The molecule has 1 atom stereocenters. The van der Waals surface area contributed by atoms with Crippen LogP contribution in [0.25, 0.3) is 0 Å². The molecule has 0 bridgehead atoms. The first-order valence-corrected chi connectivity index (χ1v) is 8.04. The molecular formula is C11H25NO3S. The first-order chi connectivity index (χ1) is 7.49. The van der Waals surface area contributed by atoms with E-state index in [1.54, 1.807) is 0 Å². The fourth-order valence-electron chi connectivity index (χ4n) is 1.57. The van der Waals surface area contributed by atoms with Gasteiger partial charge in [0.05, 0.1) is 5.75 Å². The lowest BCUT2D eigenvalue weighted by molar-refractivity contribution is 0.140. The zero-order valence-corrected chi connectivity index (χ0v) is 11.5. The van der Waals surface area contributed by atoms with E-state index in [4.69, 9.17) is 4.74 Å². The second-order valence-electron chi connectivity index (χ2n) is 4.01. The van der Waals surface area contributed by atoms with Gasteiger partial charge in [0.1, 0.15) is 9.84 Å². The lowest BCUT2D eigenvalue weighted by Crippen LogP contribution is -2.31. The van der Waals surface area contributed by atoms with Crippen LogP contribution in [0, 0.1) is 0 Å². The van der Waals surface area contributed by atoms with Gasteiger partial charge in [0.2, 0.25) is 0 Å². The van der Waals surface area contributed by atoms with Crippen LogP contribution in [0.4, 0.5) is 0 Å². The van der Waals surface area contributed by atoms with Gasteiger partial charge in [0.25, 0.3) is 0 Å². The first-order valence-electron chi connectivity index (χ1n) is 5.98. The van der Waals surface area contributed by atoms with Crippen molar-refractivity contribution in [2.75, 3.05) is 31.8 Å². The van der Waals surface area contributed by atoms with Gasteiger partial charge < -0.3 is 10.1 Å². The molecule has 0 aromatic carbocycles. The van der Waals surface area contributed by atoms with Gasteiger partial charge in [-0.15, -0.1) is 0 Å². The minimum Gasteiger partial charge on any atom is -0.382 e. The Bertz CT molecular complexity index is 252. The molecule has 0 saturated carbocycles. The highest BCUT2D eigenvalue weighted by Gasteiger charge is 2.10. The van der Waals surface area contributed by atoms with E-state index in [1.807, 2.05) is 13.8 Å². The van der Waals surface area contributed by atoms with E-state index in [1.165, 1.54) is 6.26 Å². The molecule has 0 aromatic heterocycles. The SMILES string of the molecule is CCNC(CCCOCC)CCS(C)(=O)=O. The van der Waals surface area contributed by atoms with Crippen molar-refractivity contribution < 1.29 is 13.2 Å².